The topological polar surface area (TPSA) is 69.2 Å². The van der Waals surface area contributed by atoms with Crippen LogP contribution in [0.5, 0.6) is 0 Å². The van der Waals surface area contributed by atoms with E-state index in [2.05, 4.69) is 20.0 Å². The molecule has 0 bridgehead atoms. The molecule has 4 rings (SSSR count). The van der Waals surface area contributed by atoms with E-state index in [1.807, 2.05) is 30.3 Å². The van der Waals surface area contributed by atoms with Crippen molar-refractivity contribution in [3.8, 4) is 11.5 Å². The lowest BCUT2D eigenvalue weighted by molar-refractivity contribution is -0.0406. The molecule has 1 saturated heterocycles. The molecule has 124 valence electrons. The van der Waals surface area contributed by atoms with Gasteiger partial charge >= 0.3 is 0 Å². The summed E-state index contributed by atoms with van der Waals surface area (Å²) in [5.41, 5.74) is 1.94. The van der Waals surface area contributed by atoms with Crippen molar-refractivity contribution in [2.75, 3.05) is 19.7 Å². The molecule has 1 atom stereocenters. The van der Waals surface area contributed by atoms with Crippen LogP contribution in [-0.2, 0) is 17.8 Å². The van der Waals surface area contributed by atoms with Gasteiger partial charge in [-0.25, -0.2) is 9.97 Å². The first-order chi connectivity index (χ1) is 11.9. The molecule has 7 nitrogen and oxygen atoms in total. The Balaban J connectivity index is 1.37. The zero-order chi connectivity index (χ0) is 16.2. The Kier molecular flexibility index (Phi) is 4.35. The Bertz CT molecular complexity index is 756. The van der Waals surface area contributed by atoms with Crippen LogP contribution in [0.4, 0.5) is 0 Å². The van der Waals surface area contributed by atoms with E-state index in [1.165, 1.54) is 0 Å². The quantitative estimate of drug-likeness (QED) is 0.713. The molecular weight excluding hydrogens is 306 g/mol. The van der Waals surface area contributed by atoms with Crippen LogP contribution in [0.2, 0.25) is 0 Å². The van der Waals surface area contributed by atoms with Gasteiger partial charge < -0.3 is 9.15 Å². The molecule has 3 heterocycles. The van der Waals surface area contributed by atoms with Crippen molar-refractivity contribution in [2.45, 2.75) is 19.2 Å². The van der Waals surface area contributed by atoms with Crippen LogP contribution in [-0.4, -0.2) is 50.4 Å². The Morgan fingerprint density at radius 1 is 1.21 bits per heavy atom. The van der Waals surface area contributed by atoms with Gasteiger partial charge in [0.1, 0.15) is 18.9 Å². The molecule has 1 aliphatic rings. The van der Waals surface area contributed by atoms with Crippen molar-refractivity contribution in [2.24, 2.45) is 0 Å². The summed E-state index contributed by atoms with van der Waals surface area (Å²) in [5, 5.41) is 4.14. The van der Waals surface area contributed by atoms with Gasteiger partial charge in [-0.3, -0.25) is 9.58 Å². The third-order valence-corrected chi connectivity index (χ3v) is 4.04. The highest BCUT2D eigenvalue weighted by Gasteiger charge is 2.22. The van der Waals surface area contributed by atoms with Crippen LogP contribution in [0.25, 0.3) is 11.5 Å². The lowest BCUT2D eigenvalue weighted by Gasteiger charge is -2.32. The average Bonchev–Trinajstić information content (AvgIpc) is 3.28. The summed E-state index contributed by atoms with van der Waals surface area (Å²) in [7, 11) is 0. The number of benzene rings is 1. The van der Waals surface area contributed by atoms with E-state index >= 15 is 0 Å². The van der Waals surface area contributed by atoms with Crippen molar-refractivity contribution in [3.05, 3.63) is 54.9 Å². The number of hydrogen-bond acceptors (Lipinski definition) is 6. The normalized spacial score (nSPS) is 18.8. The Morgan fingerprint density at radius 2 is 2.12 bits per heavy atom. The first-order valence-electron chi connectivity index (χ1n) is 8.03. The highest BCUT2D eigenvalue weighted by Crippen LogP contribution is 2.19. The molecule has 0 saturated carbocycles. The van der Waals surface area contributed by atoms with Crippen molar-refractivity contribution >= 4 is 0 Å². The standard InChI is InChI=1S/C17H19N5O2/c1-2-4-14(5-3-1)17-20-15(11-24-17)8-21-6-7-23-16(9-21)10-22-13-18-12-19-22/h1-5,11-13,16H,6-10H2/t16-/m1/s1. The summed E-state index contributed by atoms with van der Waals surface area (Å²) in [6, 6.07) is 9.94. The molecule has 3 aromatic rings. The number of nitrogens with zero attached hydrogens (tertiary/aromatic N) is 5. The maximum Gasteiger partial charge on any atom is 0.226 e. The third-order valence-electron chi connectivity index (χ3n) is 4.04. The van der Waals surface area contributed by atoms with Gasteiger partial charge in [0.15, 0.2) is 0 Å². The van der Waals surface area contributed by atoms with Crippen molar-refractivity contribution in [3.63, 3.8) is 0 Å². The SMILES string of the molecule is c1ccc(-c2nc(CN3CCO[C@@H](Cn4cncn4)C3)co2)cc1. The van der Waals surface area contributed by atoms with E-state index in [-0.39, 0.29) is 6.10 Å². The summed E-state index contributed by atoms with van der Waals surface area (Å²) in [5.74, 6) is 0.665. The van der Waals surface area contributed by atoms with E-state index in [1.54, 1.807) is 23.6 Å². The number of oxazole rings is 1. The number of ether oxygens (including phenoxy) is 1. The molecule has 1 aliphatic heterocycles. The molecule has 1 aromatic carbocycles. The van der Waals surface area contributed by atoms with E-state index in [0.717, 1.165) is 30.9 Å². The van der Waals surface area contributed by atoms with Gasteiger partial charge in [-0.2, -0.15) is 5.10 Å². The zero-order valence-corrected chi connectivity index (χ0v) is 13.3. The summed E-state index contributed by atoms with van der Waals surface area (Å²) < 4.78 is 13.2. The smallest absolute Gasteiger partial charge is 0.226 e. The van der Waals surface area contributed by atoms with Crippen LogP contribution in [0.15, 0.2) is 53.7 Å². The molecule has 0 radical (unpaired) electrons. The summed E-state index contributed by atoms with van der Waals surface area (Å²) in [6.45, 7) is 3.91. The van der Waals surface area contributed by atoms with E-state index in [4.69, 9.17) is 9.15 Å². The summed E-state index contributed by atoms with van der Waals surface area (Å²) >= 11 is 0. The molecule has 0 N–H and O–H groups in total. The minimum Gasteiger partial charge on any atom is -0.444 e. The van der Waals surface area contributed by atoms with Crippen LogP contribution in [0.1, 0.15) is 5.69 Å². The summed E-state index contributed by atoms with van der Waals surface area (Å²) in [4.78, 5) is 10.9. The second-order valence-corrected chi connectivity index (χ2v) is 5.86. The Hall–Kier alpha value is -2.51. The van der Waals surface area contributed by atoms with Gasteiger partial charge in [-0.15, -0.1) is 0 Å². The Morgan fingerprint density at radius 3 is 2.96 bits per heavy atom. The summed E-state index contributed by atoms with van der Waals surface area (Å²) in [6.07, 6.45) is 5.11. The first kappa shape index (κ1) is 15.0. The lowest BCUT2D eigenvalue weighted by atomic mass is 10.2. The van der Waals surface area contributed by atoms with E-state index in [0.29, 0.717) is 19.0 Å². The molecule has 1 fully saturated rings. The second-order valence-electron chi connectivity index (χ2n) is 5.86. The minimum absolute atomic E-state index is 0.112. The molecule has 0 spiro atoms. The highest BCUT2D eigenvalue weighted by molar-refractivity contribution is 5.52. The minimum atomic E-state index is 0.112. The Labute approximate surface area is 139 Å². The molecule has 0 aliphatic carbocycles. The lowest BCUT2D eigenvalue weighted by Crippen LogP contribution is -2.43. The fourth-order valence-corrected chi connectivity index (χ4v) is 2.89. The zero-order valence-electron chi connectivity index (χ0n) is 13.3. The van der Waals surface area contributed by atoms with Gasteiger partial charge in [0.25, 0.3) is 0 Å². The van der Waals surface area contributed by atoms with E-state index in [9.17, 15) is 0 Å². The predicted octanol–water partition coefficient (Wildman–Crippen LogP) is 1.83. The van der Waals surface area contributed by atoms with Crippen LogP contribution >= 0.6 is 0 Å². The van der Waals surface area contributed by atoms with Gasteiger partial charge in [0, 0.05) is 25.2 Å². The molecule has 24 heavy (non-hydrogen) atoms. The first-order valence-corrected chi connectivity index (χ1v) is 8.03. The van der Waals surface area contributed by atoms with Crippen LogP contribution in [0, 0.1) is 0 Å². The third kappa shape index (κ3) is 3.52. The van der Waals surface area contributed by atoms with Crippen molar-refractivity contribution in [1.82, 2.24) is 24.6 Å². The van der Waals surface area contributed by atoms with Crippen LogP contribution in [0.3, 0.4) is 0 Å². The molecular formula is C17H19N5O2. The van der Waals surface area contributed by atoms with Gasteiger partial charge in [0.2, 0.25) is 5.89 Å². The average molecular weight is 325 g/mol. The molecule has 2 aromatic heterocycles. The van der Waals surface area contributed by atoms with Gasteiger partial charge in [-0.1, -0.05) is 18.2 Å². The molecule has 0 unspecified atom stereocenters. The van der Waals surface area contributed by atoms with Crippen molar-refractivity contribution < 1.29 is 9.15 Å². The second kappa shape index (κ2) is 6.94. The van der Waals surface area contributed by atoms with E-state index < -0.39 is 0 Å². The van der Waals surface area contributed by atoms with Gasteiger partial charge in [0.05, 0.1) is 24.9 Å². The van der Waals surface area contributed by atoms with Gasteiger partial charge in [-0.05, 0) is 12.1 Å². The fourth-order valence-electron chi connectivity index (χ4n) is 2.89. The monoisotopic (exact) mass is 325 g/mol. The maximum absolute atomic E-state index is 5.82. The number of aromatic nitrogens is 4. The predicted molar refractivity (Wildman–Crippen MR) is 87.0 cm³/mol. The largest absolute Gasteiger partial charge is 0.444 e. The molecule has 7 heteroatoms. The fraction of sp³-hybridized carbons (Fsp3) is 0.353. The van der Waals surface area contributed by atoms with Crippen LogP contribution < -0.4 is 0 Å². The number of hydrogen-bond donors (Lipinski definition) is 0. The number of morpholine rings is 1. The maximum atomic E-state index is 5.82. The highest BCUT2D eigenvalue weighted by atomic mass is 16.5. The van der Waals surface area contributed by atoms with Crippen molar-refractivity contribution in [1.29, 1.82) is 0 Å². The molecule has 0 amide bonds. The number of rotatable bonds is 5.